The summed E-state index contributed by atoms with van der Waals surface area (Å²) in [6.07, 6.45) is -1.37. The van der Waals surface area contributed by atoms with Crippen LogP contribution in [-0.2, 0) is 41.7 Å². The van der Waals surface area contributed by atoms with Gasteiger partial charge in [-0.05, 0) is 37.5 Å². The van der Waals surface area contributed by atoms with E-state index in [2.05, 4.69) is 6.58 Å². The van der Waals surface area contributed by atoms with Crippen molar-refractivity contribution >= 4 is 5.97 Å². The van der Waals surface area contributed by atoms with Gasteiger partial charge in [0.15, 0.2) is 11.9 Å². The van der Waals surface area contributed by atoms with Gasteiger partial charge in [-0.1, -0.05) is 67.2 Å². The number of carbonyl (C=O) groups excluding carboxylic acids is 1. The van der Waals surface area contributed by atoms with Gasteiger partial charge in [-0.15, -0.1) is 0 Å². The average molecular weight is 455 g/mol. The summed E-state index contributed by atoms with van der Waals surface area (Å²) in [5, 5.41) is 0. The second kappa shape index (κ2) is 11.1. The van der Waals surface area contributed by atoms with Crippen LogP contribution in [0.3, 0.4) is 0 Å². The maximum Gasteiger partial charge on any atom is 0.311 e. The van der Waals surface area contributed by atoms with E-state index in [0.717, 1.165) is 11.1 Å². The highest BCUT2D eigenvalue weighted by molar-refractivity contribution is 5.75. The second-order valence-corrected chi connectivity index (χ2v) is 9.22. The molecule has 6 nitrogen and oxygen atoms in total. The summed E-state index contributed by atoms with van der Waals surface area (Å²) in [4.78, 5) is 12.3. The molecule has 1 fully saturated rings. The average Bonchev–Trinajstić information content (AvgIpc) is 3.06. The highest BCUT2D eigenvalue weighted by Crippen LogP contribution is 2.40. The topological polar surface area (TPSA) is 63.2 Å². The van der Waals surface area contributed by atoms with Crippen LogP contribution in [0.5, 0.6) is 0 Å². The van der Waals surface area contributed by atoms with Crippen LogP contribution in [0.15, 0.2) is 72.8 Å². The molecule has 6 heteroatoms. The van der Waals surface area contributed by atoms with E-state index < -0.39 is 23.4 Å². The van der Waals surface area contributed by atoms with Crippen molar-refractivity contribution in [2.24, 2.45) is 5.41 Å². The predicted octanol–water partition coefficient (Wildman–Crippen LogP) is 4.68. The fourth-order valence-corrected chi connectivity index (χ4v) is 3.56. The number of methoxy groups -OCH3 is 1. The Kier molecular flexibility index (Phi) is 8.43. The lowest BCUT2D eigenvalue weighted by Crippen LogP contribution is -2.48. The minimum Gasteiger partial charge on any atom is -0.462 e. The molecule has 0 amide bonds. The molecule has 2 aromatic carbocycles. The maximum atomic E-state index is 12.3. The summed E-state index contributed by atoms with van der Waals surface area (Å²) in [6.45, 7) is 10.6. The van der Waals surface area contributed by atoms with Crippen LogP contribution in [0.2, 0.25) is 0 Å². The Morgan fingerprint density at radius 1 is 1.00 bits per heavy atom. The number of benzene rings is 2. The lowest BCUT2D eigenvalue weighted by atomic mass is 9.93. The van der Waals surface area contributed by atoms with Crippen molar-refractivity contribution in [2.75, 3.05) is 20.3 Å². The number of carbonyl (C=O) groups is 1. The number of hydrogen-bond donors (Lipinski definition) is 0. The summed E-state index contributed by atoms with van der Waals surface area (Å²) in [5.74, 6) is -0.310. The molecule has 3 rings (SSSR count). The highest BCUT2D eigenvalue weighted by atomic mass is 16.7. The first-order valence-corrected chi connectivity index (χ1v) is 11.1. The molecule has 0 spiro atoms. The zero-order valence-electron chi connectivity index (χ0n) is 19.9. The number of esters is 1. The van der Waals surface area contributed by atoms with E-state index in [1.54, 1.807) is 7.11 Å². The van der Waals surface area contributed by atoms with Gasteiger partial charge < -0.3 is 23.7 Å². The quantitative estimate of drug-likeness (QED) is 0.384. The Bertz CT molecular complexity index is 905. The molecule has 0 N–H and O–H groups in total. The SMILES string of the molecule is C=C1[C@@H](COC(=O)C(C)(C)C)O[C@H](OCc2ccccc2)[C@]1(COC)OCc1ccccc1. The summed E-state index contributed by atoms with van der Waals surface area (Å²) < 4.78 is 29.9. The lowest BCUT2D eigenvalue weighted by Gasteiger charge is -2.34. The first-order valence-electron chi connectivity index (χ1n) is 11.1. The molecule has 0 bridgehead atoms. The Morgan fingerprint density at radius 2 is 1.58 bits per heavy atom. The number of hydrogen-bond acceptors (Lipinski definition) is 6. The molecule has 0 aromatic heterocycles. The molecule has 3 atom stereocenters. The molecule has 33 heavy (non-hydrogen) atoms. The van der Waals surface area contributed by atoms with Crippen LogP contribution in [0.1, 0.15) is 31.9 Å². The van der Waals surface area contributed by atoms with Gasteiger partial charge in [-0.2, -0.15) is 0 Å². The Labute approximate surface area is 196 Å². The predicted molar refractivity (Wildman–Crippen MR) is 125 cm³/mol. The fourth-order valence-electron chi connectivity index (χ4n) is 3.56. The zero-order valence-corrected chi connectivity index (χ0v) is 19.9. The van der Waals surface area contributed by atoms with Crippen molar-refractivity contribution in [1.82, 2.24) is 0 Å². The first-order chi connectivity index (χ1) is 15.8. The lowest BCUT2D eigenvalue weighted by molar-refractivity contribution is -0.235. The normalized spacial score (nSPS) is 23.0. The second-order valence-electron chi connectivity index (χ2n) is 9.22. The minimum atomic E-state index is -1.06. The summed E-state index contributed by atoms with van der Waals surface area (Å²) in [5.41, 5.74) is 0.961. The van der Waals surface area contributed by atoms with Crippen molar-refractivity contribution in [2.45, 2.75) is 52.0 Å². The van der Waals surface area contributed by atoms with Crippen molar-refractivity contribution in [3.05, 3.63) is 83.9 Å². The van der Waals surface area contributed by atoms with E-state index in [4.69, 9.17) is 23.7 Å². The van der Waals surface area contributed by atoms with E-state index in [1.165, 1.54) is 0 Å². The van der Waals surface area contributed by atoms with E-state index in [0.29, 0.717) is 18.8 Å². The summed E-state index contributed by atoms with van der Waals surface area (Å²) in [6, 6.07) is 19.7. The van der Waals surface area contributed by atoms with Crippen LogP contribution >= 0.6 is 0 Å². The molecule has 0 radical (unpaired) electrons. The molecule has 1 aliphatic rings. The largest absolute Gasteiger partial charge is 0.462 e. The van der Waals surface area contributed by atoms with E-state index in [9.17, 15) is 4.79 Å². The number of rotatable bonds is 10. The van der Waals surface area contributed by atoms with Crippen LogP contribution in [0, 0.1) is 5.41 Å². The van der Waals surface area contributed by atoms with E-state index in [-0.39, 0.29) is 19.2 Å². The van der Waals surface area contributed by atoms with E-state index >= 15 is 0 Å². The molecule has 1 heterocycles. The Morgan fingerprint density at radius 3 is 2.12 bits per heavy atom. The molecule has 0 unspecified atom stereocenters. The molecule has 178 valence electrons. The monoisotopic (exact) mass is 454 g/mol. The molecular formula is C27H34O6. The van der Waals surface area contributed by atoms with Gasteiger partial charge in [0.1, 0.15) is 12.7 Å². The molecule has 1 saturated heterocycles. The standard InChI is InChI=1S/C27H34O6/c1-20-23(18-30-24(28)26(2,3)4)33-25(31-16-21-12-8-6-9-13-21)27(20,19-29-5)32-17-22-14-10-7-11-15-22/h6-15,23,25H,1,16-19H2,2-5H3/t23-,25+,27-/m1/s1. The summed E-state index contributed by atoms with van der Waals surface area (Å²) in [7, 11) is 1.60. The molecule has 0 saturated carbocycles. The summed E-state index contributed by atoms with van der Waals surface area (Å²) >= 11 is 0. The Hall–Kier alpha value is -2.51. The van der Waals surface area contributed by atoms with Crippen LogP contribution in [-0.4, -0.2) is 44.3 Å². The van der Waals surface area contributed by atoms with Gasteiger partial charge in [0.25, 0.3) is 0 Å². The van der Waals surface area contributed by atoms with Crippen molar-refractivity contribution < 1.29 is 28.5 Å². The minimum absolute atomic E-state index is 0.0281. The van der Waals surface area contributed by atoms with Gasteiger partial charge >= 0.3 is 5.97 Å². The molecular weight excluding hydrogens is 420 g/mol. The fraction of sp³-hybridized carbons (Fsp3) is 0.444. The maximum absolute atomic E-state index is 12.3. The van der Waals surface area contributed by atoms with E-state index in [1.807, 2.05) is 81.4 Å². The van der Waals surface area contributed by atoms with Crippen LogP contribution < -0.4 is 0 Å². The van der Waals surface area contributed by atoms with Gasteiger partial charge in [-0.25, -0.2) is 0 Å². The van der Waals surface area contributed by atoms with Gasteiger partial charge in [0, 0.05) is 7.11 Å². The van der Waals surface area contributed by atoms with Crippen LogP contribution in [0.25, 0.3) is 0 Å². The number of ether oxygens (including phenoxy) is 5. The smallest absolute Gasteiger partial charge is 0.311 e. The first kappa shape index (κ1) is 25.1. The van der Waals surface area contributed by atoms with Gasteiger partial charge in [-0.3, -0.25) is 4.79 Å². The Balaban J connectivity index is 1.81. The van der Waals surface area contributed by atoms with Crippen molar-refractivity contribution in [3.8, 4) is 0 Å². The van der Waals surface area contributed by atoms with Gasteiger partial charge in [0.05, 0.1) is 25.2 Å². The highest BCUT2D eigenvalue weighted by Gasteiger charge is 2.54. The molecule has 2 aromatic rings. The third kappa shape index (κ3) is 6.30. The third-order valence-electron chi connectivity index (χ3n) is 5.52. The van der Waals surface area contributed by atoms with Crippen LogP contribution in [0.4, 0.5) is 0 Å². The van der Waals surface area contributed by atoms with Crippen molar-refractivity contribution in [3.63, 3.8) is 0 Å². The third-order valence-corrected chi connectivity index (χ3v) is 5.52. The van der Waals surface area contributed by atoms with Crippen molar-refractivity contribution in [1.29, 1.82) is 0 Å². The molecule has 0 aliphatic carbocycles. The zero-order chi connectivity index (χ0) is 23.9. The molecule has 1 aliphatic heterocycles. The van der Waals surface area contributed by atoms with Gasteiger partial charge in [0.2, 0.25) is 0 Å².